The van der Waals surface area contributed by atoms with Crippen LogP contribution in [-0.2, 0) is 11.3 Å². The third-order valence-corrected chi connectivity index (χ3v) is 6.28. The Balaban J connectivity index is 1.48. The summed E-state index contributed by atoms with van der Waals surface area (Å²) in [6.07, 6.45) is 3.66. The summed E-state index contributed by atoms with van der Waals surface area (Å²) in [6, 6.07) is 32.1. The molecule has 0 fully saturated rings. The maximum absolute atomic E-state index is 12.8. The zero-order valence-corrected chi connectivity index (χ0v) is 19.8. The molecule has 5 heteroatoms. The van der Waals surface area contributed by atoms with Crippen molar-refractivity contribution in [3.63, 3.8) is 0 Å². The Morgan fingerprint density at radius 2 is 1.68 bits per heavy atom. The molecule has 1 amide bonds. The number of nitrogens with zero attached hydrogens (tertiary/aromatic N) is 2. The van der Waals surface area contributed by atoms with Gasteiger partial charge in [-0.1, -0.05) is 70.5 Å². The van der Waals surface area contributed by atoms with E-state index < -0.39 is 5.91 Å². The molecular formula is C29H20BrN3O. The number of hydrogen-bond donors (Lipinski definition) is 1. The Kier molecular flexibility index (Phi) is 5.99. The molecule has 0 spiro atoms. The monoisotopic (exact) mass is 505 g/mol. The van der Waals surface area contributed by atoms with Crippen LogP contribution in [0.2, 0.25) is 0 Å². The Hall–Kier alpha value is -4.14. The van der Waals surface area contributed by atoms with E-state index in [0.29, 0.717) is 12.2 Å². The number of fused-ring (bicyclic) bond motifs is 2. The normalized spacial score (nSPS) is 11.5. The highest BCUT2D eigenvalue weighted by Gasteiger charge is 2.13. The van der Waals surface area contributed by atoms with Crippen LogP contribution in [0.25, 0.3) is 27.8 Å². The first-order valence-electron chi connectivity index (χ1n) is 10.8. The molecule has 5 rings (SSSR count). The van der Waals surface area contributed by atoms with Gasteiger partial charge in [-0.3, -0.25) is 4.79 Å². The number of aromatic nitrogens is 1. The number of amides is 1. The minimum absolute atomic E-state index is 0.0523. The molecule has 0 aliphatic rings. The molecular weight excluding hydrogens is 486 g/mol. The van der Waals surface area contributed by atoms with Crippen LogP contribution in [0.3, 0.4) is 0 Å². The molecule has 0 bridgehead atoms. The molecule has 1 aromatic heterocycles. The van der Waals surface area contributed by atoms with Crippen LogP contribution < -0.4 is 5.32 Å². The van der Waals surface area contributed by atoms with Crippen LogP contribution in [0.4, 0.5) is 5.69 Å². The lowest BCUT2D eigenvalue weighted by Crippen LogP contribution is -2.13. The summed E-state index contributed by atoms with van der Waals surface area (Å²) in [4.78, 5) is 12.8. The van der Waals surface area contributed by atoms with Gasteiger partial charge in [0.25, 0.3) is 5.91 Å². The first-order valence-corrected chi connectivity index (χ1v) is 11.6. The van der Waals surface area contributed by atoms with Gasteiger partial charge in [-0.2, -0.15) is 5.26 Å². The highest BCUT2D eigenvalue weighted by atomic mass is 79.9. The summed E-state index contributed by atoms with van der Waals surface area (Å²) in [5.41, 5.74) is 3.75. The van der Waals surface area contributed by atoms with Gasteiger partial charge in [0.05, 0.1) is 0 Å². The maximum Gasteiger partial charge on any atom is 0.266 e. The van der Waals surface area contributed by atoms with Gasteiger partial charge in [-0.05, 0) is 58.8 Å². The minimum atomic E-state index is -0.434. The summed E-state index contributed by atoms with van der Waals surface area (Å²) in [5, 5.41) is 15.9. The van der Waals surface area contributed by atoms with Gasteiger partial charge in [0.2, 0.25) is 0 Å². The van der Waals surface area contributed by atoms with E-state index in [2.05, 4.69) is 68.3 Å². The third-order valence-electron chi connectivity index (χ3n) is 5.75. The second kappa shape index (κ2) is 9.38. The first-order chi connectivity index (χ1) is 16.6. The van der Waals surface area contributed by atoms with Crippen molar-refractivity contribution in [3.05, 3.63) is 118 Å². The molecule has 5 aromatic rings. The zero-order valence-electron chi connectivity index (χ0n) is 18.2. The van der Waals surface area contributed by atoms with Crippen molar-refractivity contribution >= 4 is 55.3 Å². The molecule has 0 saturated heterocycles. The van der Waals surface area contributed by atoms with E-state index in [0.717, 1.165) is 20.9 Å². The maximum atomic E-state index is 12.8. The number of anilines is 1. The van der Waals surface area contributed by atoms with E-state index in [1.807, 2.05) is 48.7 Å². The van der Waals surface area contributed by atoms with Gasteiger partial charge >= 0.3 is 0 Å². The molecule has 1 N–H and O–H groups in total. The zero-order chi connectivity index (χ0) is 23.5. The number of nitriles is 1. The van der Waals surface area contributed by atoms with Gasteiger partial charge in [-0.25, -0.2) is 0 Å². The number of halogens is 1. The minimum Gasteiger partial charge on any atom is -0.342 e. The predicted octanol–water partition coefficient (Wildman–Crippen LogP) is 7.15. The van der Waals surface area contributed by atoms with Crippen molar-refractivity contribution in [2.45, 2.75) is 6.54 Å². The van der Waals surface area contributed by atoms with Crippen LogP contribution in [0.5, 0.6) is 0 Å². The molecule has 34 heavy (non-hydrogen) atoms. The summed E-state index contributed by atoms with van der Waals surface area (Å²) in [7, 11) is 0. The lowest BCUT2D eigenvalue weighted by atomic mass is 10.1. The van der Waals surface area contributed by atoms with Gasteiger partial charge in [-0.15, -0.1) is 0 Å². The van der Waals surface area contributed by atoms with Gasteiger partial charge in [0, 0.05) is 39.4 Å². The average molecular weight is 506 g/mol. The summed E-state index contributed by atoms with van der Waals surface area (Å²) in [6.45, 7) is 0.687. The number of benzene rings is 4. The molecule has 4 nitrogen and oxygen atoms in total. The Morgan fingerprint density at radius 1 is 0.941 bits per heavy atom. The smallest absolute Gasteiger partial charge is 0.266 e. The number of para-hydroxylation sites is 1. The molecule has 0 aliphatic heterocycles. The lowest BCUT2D eigenvalue weighted by Gasteiger charge is -2.07. The van der Waals surface area contributed by atoms with Crippen molar-refractivity contribution in [2.75, 3.05) is 5.32 Å². The Labute approximate surface area is 205 Å². The topological polar surface area (TPSA) is 57.8 Å². The number of rotatable bonds is 5. The fourth-order valence-electron chi connectivity index (χ4n) is 4.09. The van der Waals surface area contributed by atoms with E-state index >= 15 is 0 Å². The summed E-state index contributed by atoms with van der Waals surface area (Å²) >= 11 is 3.38. The largest absolute Gasteiger partial charge is 0.342 e. The molecule has 0 atom stereocenters. The molecule has 164 valence electrons. The Bertz CT molecular complexity index is 1590. The van der Waals surface area contributed by atoms with Crippen LogP contribution in [-0.4, -0.2) is 10.5 Å². The average Bonchev–Trinajstić information content (AvgIpc) is 3.21. The standard InChI is InChI=1S/C29H20BrN3O/c30-25-11-13-26(14-12-25)32-29(34)23(17-31)16-24-19-33(28-8-4-3-7-27(24)28)18-20-9-10-21-5-1-2-6-22(21)15-20/h1-16,19H,18H2,(H,32,34)/b23-16-. The fourth-order valence-corrected chi connectivity index (χ4v) is 4.35. The molecule has 0 radical (unpaired) electrons. The quantitative estimate of drug-likeness (QED) is 0.203. The van der Waals surface area contributed by atoms with Gasteiger partial charge in [0.1, 0.15) is 11.6 Å². The van der Waals surface area contributed by atoms with E-state index in [9.17, 15) is 10.1 Å². The van der Waals surface area contributed by atoms with Crippen molar-refractivity contribution in [1.82, 2.24) is 4.57 Å². The van der Waals surface area contributed by atoms with Crippen LogP contribution in [0.1, 0.15) is 11.1 Å². The SMILES string of the molecule is N#C/C(=C/c1cn(Cc2ccc3ccccc3c2)c2ccccc12)C(=O)Nc1ccc(Br)cc1. The summed E-state index contributed by atoms with van der Waals surface area (Å²) < 4.78 is 3.08. The third kappa shape index (κ3) is 4.50. The molecule has 0 saturated carbocycles. The van der Waals surface area contributed by atoms with Crippen LogP contribution in [0, 0.1) is 11.3 Å². The molecule has 1 heterocycles. The van der Waals surface area contributed by atoms with Crippen molar-refractivity contribution < 1.29 is 4.79 Å². The number of carbonyl (C=O) groups excluding carboxylic acids is 1. The van der Waals surface area contributed by atoms with E-state index in [1.54, 1.807) is 18.2 Å². The number of carbonyl (C=O) groups is 1. The van der Waals surface area contributed by atoms with Gasteiger partial charge < -0.3 is 9.88 Å². The molecule has 0 unspecified atom stereocenters. The second-order valence-corrected chi connectivity index (χ2v) is 8.96. The molecule has 4 aromatic carbocycles. The fraction of sp³-hybridized carbons (Fsp3) is 0.0345. The lowest BCUT2D eigenvalue weighted by molar-refractivity contribution is -0.112. The second-order valence-electron chi connectivity index (χ2n) is 8.04. The predicted molar refractivity (Wildman–Crippen MR) is 141 cm³/mol. The van der Waals surface area contributed by atoms with E-state index in [1.165, 1.54) is 16.3 Å². The number of nitrogens with one attached hydrogen (secondary N) is 1. The van der Waals surface area contributed by atoms with Crippen molar-refractivity contribution in [2.24, 2.45) is 0 Å². The van der Waals surface area contributed by atoms with Crippen LogP contribution >= 0.6 is 15.9 Å². The van der Waals surface area contributed by atoms with Crippen molar-refractivity contribution in [1.29, 1.82) is 5.26 Å². The van der Waals surface area contributed by atoms with E-state index in [-0.39, 0.29) is 5.57 Å². The highest BCUT2D eigenvalue weighted by molar-refractivity contribution is 9.10. The summed E-state index contributed by atoms with van der Waals surface area (Å²) in [5.74, 6) is -0.434. The van der Waals surface area contributed by atoms with Gasteiger partial charge in [0.15, 0.2) is 0 Å². The molecule has 0 aliphatic carbocycles. The Morgan fingerprint density at radius 3 is 2.47 bits per heavy atom. The van der Waals surface area contributed by atoms with E-state index in [4.69, 9.17) is 0 Å². The number of hydrogen-bond acceptors (Lipinski definition) is 2. The highest BCUT2D eigenvalue weighted by Crippen LogP contribution is 2.26. The first kappa shape index (κ1) is 21.7. The van der Waals surface area contributed by atoms with Crippen LogP contribution in [0.15, 0.2) is 107 Å². The van der Waals surface area contributed by atoms with Crippen molar-refractivity contribution in [3.8, 4) is 6.07 Å².